The Hall–Kier alpha value is -2.10. The Labute approximate surface area is 129 Å². The van der Waals surface area contributed by atoms with Crippen LogP contribution in [0.3, 0.4) is 0 Å². The van der Waals surface area contributed by atoms with E-state index in [0.717, 1.165) is 16.0 Å². The van der Waals surface area contributed by atoms with Gasteiger partial charge in [-0.05, 0) is 6.42 Å². The number of carbonyl (C=O) groups excluding carboxylic acids is 4. The van der Waals surface area contributed by atoms with Crippen LogP contribution in [0.1, 0.15) is 6.42 Å². The molecule has 0 aromatic carbocycles. The zero-order valence-electron chi connectivity index (χ0n) is 12.3. The first-order chi connectivity index (χ1) is 10.2. The van der Waals surface area contributed by atoms with E-state index in [0.29, 0.717) is 0 Å². The highest BCUT2D eigenvalue weighted by atomic mass is 32.2. The average molecular weight is 330 g/mol. The molecule has 0 spiro atoms. The fourth-order valence-electron chi connectivity index (χ4n) is 1.78. The van der Waals surface area contributed by atoms with Crippen molar-refractivity contribution >= 4 is 40.8 Å². The molecular weight excluding hydrogens is 314 g/mol. The normalized spacial score (nSPS) is 19.9. The van der Waals surface area contributed by atoms with Crippen LogP contribution in [0, 0.1) is 5.92 Å². The molecule has 1 saturated heterocycles. The highest BCUT2D eigenvalue weighted by Crippen LogP contribution is 2.14. The third-order valence-corrected chi connectivity index (χ3v) is 3.94. The van der Waals surface area contributed by atoms with E-state index < -0.39 is 46.6 Å². The van der Waals surface area contributed by atoms with Crippen LogP contribution in [0.5, 0.6) is 0 Å². The Bertz CT molecular complexity index is 537. The molecule has 4 amide bonds. The van der Waals surface area contributed by atoms with E-state index in [-0.39, 0.29) is 12.2 Å². The van der Waals surface area contributed by atoms with Crippen molar-refractivity contribution in [2.24, 2.45) is 10.9 Å². The zero-order chi connectivity index (χ0) is 17.0. The summed E-state index contributed by atoms with van der Waals surface area (Å²) in [6, 6.07) is -2.07. The quantitative estimate of drug-likeness (QED) is 0.395. The van der Waals surface area contributed by atoms with Gasteiger partial charge in [0.2, 0.25) is 11.8 Å². The molecule has 0 radical (unpaired) electrons. The number of nitrogens with zero attached hydrogens (tertiary/aromatic N) is 3. The van der Waals surface area contributed by atoms with Gasteiger partial charge in [-0.2, -0.15) is 0 Å². The van der Waals surface area contributed by atoms with Gasteiger partial charge in [-0.1, -0.05) is 0 Å². The number of aliphatic carboxylic acids is 1. The third kappa shape index (κ3) is 3.97. The first-order valence-corrected chi connectivity index (χ1v) is 8.02. The van der Waals surface area contributed by atoms with E-state index >= 15 is 0 Å². The fourth-order valence-corrected chi connectivity index (χ4v) is 2.34. The predicted octanol–water partition coefficient (Wildman–Crippen LogP) is -2.39. The number of carboxylic acid groups (broad SMARTS) is 1. The Kier molecular flexibility index (Phi) is 5.92. The van der Waals surface area contributed by atoms with Gasteiger partial charge in [-0.15, -0.1) is 0 Å². The molecule has 2 atom stereocenters. The van der Waals surface area contributed by atoms with Crippen LogP contribution < -0.4 is 5.11 Å². The van der Waals surface area contributed by atoms with Crippen LogP contribution in [0.15, 0.2) is 4.99 Å². The maximum atomic E-state index is 11.9. The summed E-state index contributed by atoms with van der Waals surface area (Å²) in [7, 11) is 1.23. The Morgan fingerprint density at radius 2 is 1.82 bits per heavy atom. The molecule has 9 nitrogen and oxygen atoms in total. The highest BCUT2D eigenvalue weighted by Gasteiger charge is 2.41. The number of barbiturate groups is 1. The number of imide groups is 2. The summed E-state index contributed by atoms with van der Waals surface area (Å²) in [6.45, 7) is 0. The molecule has 0 aromatic heterocycles. The van der Waals surface area contributed by atoms with Gasteiger partial charge in [0.25, 0.3) is 0 Å². The van der Waals surface area contributed by atoms with Gasteiger partial charge in [0.1, 0.15) is 0 Å². The predicted molar refractivity (Wildman–Crippen MR) is 75.3 cm³/mol. The second-order valence-electron chi connectivity index (χ2n) is 4.75. The summed E-state index contributed by atoms with van der Waals surface area (Å²) in [5.41, 5.74) is 0. The lowest BCUT2D eigenvalue weighted by Gasteiger charge is -2.31. The van der Waals surface area contributed by atoms with Crippen LogP contribution in [0.4, 0.5) is 4.79 Å². The van der Waals surface area contributed by atoms with Crippen molar-refractivity contribution in [3.05, 3.63) is 0 Å². The van der Waals surface area contributed by atoms with Crippen LogP contribution in [-0.4, -0.2) is 76.2 Å². The van der Waals surface area contributed by atoms with Gasteiger partial charge in [-0.3, -0.25) is 28.6 Å². The first-order valence-electron chi connectivity index (χ1n) is 6.30. The van der Waals surface area contributed by atoms with Gasteiger partial charge in [0, 0.05) is 43.1 Å². The number of aliphatic imine (C=N–C) groups is 1. The molecule has 22 heavy (non-hydrogen) atoms. The first kappa shape index (κ1) is 18.0. The number of hydrogen-bond donors (Lipinski definition) is 0. The number of urea groups is 1. The molecule has 0 aliphatic carbocycles. The monoisotopic (exact) mass is 330 g/mol. The molecular formula is C12H16N3O6S-. The van der Waals surface area contributed by atoms with E-state index in [1.807, 2.05) is 0 Å². The van der Waals surface area contributed by atoms with E-state index in [1.54, 1.807) is 0 Å². The van der Waals surface area contributed by atoms with Crippen molar-refractivity contribution in [2.75, 3.05) is 26.1 Å². The molecule has 122 valence electrons. The molecule has 1 fully saturated rings. The lowest BCUT2D eigenvalue weighted by Crippen LogP contribution is -2.57. The Morgan fingerprint density at radius 3 is 2.23 bits per heavy atom. The van der Waals surface area contributed by atoms with E-state index in [1.165, 1.54) is 20.4 Å². The summed E-state index contributed by atoms with van der Waals surface area (Å²) >= 11 is 0. The number of amides is 4. The summed E-state index contributed by atoms with van der Waals surface area (Å²) < 4.78 is 11.0. The standard InChI is InChI=1S/C12H17N3O6S/c1-14-9(16)7(10(17)15(2)12(14)20)6-13-8(11(18)19)4-5-22(3)21/h6-8H,4-5H2,1-3H3,(H,18,19)/p-1/t8-,22+/m1/s1. The van der Waals surface area contributed by atoms with Gasteiger partial charge in [0.15, 0.2) is 5.92 Å². The van der Waals surface area contributed by atoms with Crippen LogP contribution >= 0.6 is 0 Å². The summed E-state index contributed by atoms with van der Waals surface area (Å²) in [6.07, 6.45) is 2.28. The van der Waals surface area contributed by atoms with Crippen molar-refractivity contribution in [3.63, 3.8) is 0 Å². The lowest BCUT2D eigenvalue weighted by atomic mass is 10.1. The van der Waals surface area contributed by atoms with Crippen LogP contribution in [-0.2, 0) is 25.2 Å². The molecule has 0 aromatic rings. The second kappa shape index (κ2) is 7.25. The summed E-state index contributed by atoms with van der Waals surface area (Å²) in [5.74, 6) is -4.32. The number of carboxylic acids is 1. The minimum Gasteiger partial charge on any atom is -0.548 e. The molecule has 0 bridgehead atoms. The molecule has 1 heterocycles. The smallest absolute Gasteiger partial charge is 0.332 e. The molecule has 0 unspecified atom stereocenters. The van der Waals surface area contributed by atoms with Gasteiger partial charge < -0.3 is 9.90 Å². The Balaban J connectivity index is 2.91. The van der Waals surface area contributed by atoms with Crippen molar-refractivity contribution in [1.29, 1.82) is 0 Å². The maximum Gasteiger partial charge on any atom is 0.332 e. The van der Waals surface area contributed by atoms with Gasteiger partial charge >= 0.3 is 6.03 Å². The number of rotatable bonds is 6. The summed E-state index contributed by atoms with van der Waals surface area (Å²) in [4.78, 5) is 51.5. The third-order valence-electron chi connectivity index (χ3n) is 3.13. The highest BCUT2D eigenvalue weighted by molar-refractivity contribution is 7.84. The molecule has 1 aliphatic rings. The van der Waals surface area contributed by atoms with Crippen molar-refractivity contribution in [1.82, 2.24) is 9.80 Å². The zero-order valence-corrected chi connectivity index (χ0v) is 13.2. The number of carbonyl (C=O) groups is 4. The van der Waals surface area contributed by atoms with E-state index in [9.17, 15) is 28.5 Å². The summed E-state index contributed by atoms with van der Waals surface area (Å²) in [5, 5.41) is 11.0. The molecule has 1 aliphatic heterocycles. The van der Waals surface area contributed by atoms with E-state index in [2.05, 4.69) is 4.99 Å². The molecule has 10 heteroatoms. The molecule has 0 N–H and O–H groups in total. The SMILES string of the molecule is CN1C(=O)C(C=N[C@H](CC[S@](C)=O)C(=O)[O-])C(=O)N(C)C1=O. The van der Waals surface area contributed by atoms with Crippen molar-refractivity contribution < 1.29 is 28.5 Å². The lowest BCUT2D eigenvalue weighted by molar-refractivity contribution is -0.307. The van der Waals surface area contributed by atoms with Crippen molar-refractivity contribution in [3.8, 4) is 0 Å². The van der Waals surface area contributed by atoms with Gasteiger partial charge in [-0.25, -0.2) is 4.79 Å². The molecule has 0 saturated carbocycles. The van der Waals surface area contributed by atoms with Crippen LogP contribution in [0.25, 0.3) is 0 Å². The fraction of sp³-hybridized carbons (Fsp3) is 0.583. The van der Waals surface area contributed by atoms with E-state index in [4.69, 9.17) is 0 Å². The average Bonchev–Trinajstić information content (AvgIpc) is 2.45. The van der Waals surface area contributed by atoms with Gasteiger partial charge in [0.05, 0.1) is 12.0 Å². The topological polar surface area (TPSA) is 127 Å². The minimum absolute atomic E-state index is 0.0400. The number of hydrogen-bond acceptors (Lipinski definition) is 7. The second-order valence-corrected chi connectivity index (χ2v) is 6.31. The minimum atomic E-state index is -1.49. The molecule has 1 rings (SSSR count). The maximum absolute atomic E-state index is 11.9. The Morgan fingerprint density at radius 1 is 1.32 bits per heavy atom. The van der Waals surface area contributed by atoms with Crippen LogP contribution in [0.2, 0.25) is 0 Å². The largest absolute Gasteiger partial charge is 0.548 e. The van der Waals surface area contributed by atoms with Crippen molar-refractivity contribution in [2.45, 2.75) is 12.5 Å².